The Morgan fingerprint density at radius 1 is 1.32 bits per heavy atom. The number of hydrogen-bond acceptors (Lipinski definition) is 3. The van der Waals surface area contributed by atoms with Crippen LogP contribution in [0, 0.1) is 11.8 Å². The number of fused-ring (bicyclic) bond motifs is 1. The van der Waals surface area contributed by atoms with Crippen LogP contribution in [0.3, 0.4) is 0 Å². The van der Waals surface area contributed by atoms with E-state index in [1.165, 1.54) is 10.6 Å². The maximum absolute atomic E-state index is 12.5. The van der Waals surface area contributed by atoms with Gasteiger partial charge in [-0.1, -0.05) is 41.9 Å². The Balaban J connectivity index is 2.32. The second kappa shape index (κ2) is 5.63. The smallest absolute Gasteiger partial charge is 0.256 e. The average molecular weight is 345 g/mol. The molecule has 0 spiro atoms. The van der Waals surface area contributed by atoms with Crippen molar-refractivity contribution < 1.29 is 8.42 Å². The van der Waals surface area contributed by atoms with Crippen LogP contribution >= 0.6 is 15.9 Å². The first-order valence-corrected chi connectivity index (χ1v) is 8.74. The van der Waals surface area contributed by atoms with Gasteiger partial charge in [0.05, 0.1) is 5.69 Å². The van der Waals surface area contributed by atoms with Crippen molar-refractivity contribution in [3.8, 4) is 0 Å². The highest BCUT2D eigenvalue weighted by molar-refractivity contribution is 9.09. The fourth-order valence-electron chi connectivity index (χ4n) is 1.91. The van der Waals surface area contributed by atoms with Gasteiger partial charge in [0.2, 0.25) is 0 Å². The van der Waals surface area contributed by atoms with Crippen molar-refractivity contribution in [1.82, 2.24) is 4.31 Å². The quantitative estimate of drug-likeness (QED) is 0.788. The van der Waals surface area contributed by atoms with Crippen LogP contribution in [0.1, 0.15) is 13.8 Å². The third kappa shape index (κ3) is 2.84. The van der Waals surface area contributed by atoms with E-state index in [1.54, 1.807) is 24.3 Å². The van der Waals surface area contributed by atoms with E-state index in [9.17, 15) is 8.42 Å². The van der Waals surface area contributed by atoms with Crippen molar-refractivity contribution in [2.24, 2.45) is 16.8 Å². The number of hydrogen-bond donors (Lipinski definition) is 0. The van der Waals surface area contributed by atoms with Gasteiger partial charge in [0.25, 0.3) is 10.0 Å². The van der Waals surface area contributed by atoms with Crippen molar-refractivity contribution >= 4 is 38.0 Å². The largest absolute Gasteiger partial charge is 0.267 e. The number of sulfonamides is 1. The topological polar surface area (TPSA) is 49.7 Å². The zero-order valence-electron chi connectivity index (χ0n) is 11.0. The van der Waals surface area contributed by atoms with Crippen molar-refractivity contribution in [3.63, 3.8) is 0 Å². The van der Waals surface area contributed by atoms with Crippen LogP contribution in [0.2, 0.25) is 0 Å². The molecule has 1 atom stereocenters. The van der Waals surface area contributed by atoms with E-state index >= 15 is 0 Å². The minimum atomic E-state index is -3.46. The molecular formula is C13H17BrN2O2S. The Labute approximate surface area is 122 Å². The SMILES string of the molecule is CC(C)C(CBr)CN1C=Nc2ccccc2S1(=O)=O. The van der Waals surface area contributed by atoms with E-state index in [0.29, 0.717) is 18.2 Å². The molecule has 0 bridgehead atoms. The Bertz CT molecular complexity index is 584. The van der Waals surface area contributed by atoms with Crippen LogP contribution in [-0.4, -0.2) is 30.9 Å². The molecule has 2 rings (SSSR count). The molecule has 0 saturated heterocycles. The van der Waals surface area contributed by atoms with E-state index in [4.69, 9.17) is 0 Å². The number of alkyl halides is 1. The molecule has 1 aromatic carbocycles. The first-order chi connectivity index (χ1) is 8.96. The fourth-order valence-corrected chi connectivity index (χ4v) is 4.31. The summed E-state index contributed by atoms with van der Waals surface area (Å²) < 4.78 is 26.3. The Morgan fingerprint density at radius 2 is 2.00 bits per heavy atom. The lowest BCUT2D eigenvalue weighted by atomic mass is 9.98. The molecule has 19 heavy (non-hydrogen) atoms. The molecule has 0 aliphatic carbocycles. The number of benzene rings is 1. The first-order valence-electron chi connectivity index (χ1n) is 6.18. The van der Waals surface area contributed by atoms with Gasteiger partial charge >= 0.3 is 0 Å². The normalized spacial score (nSPS) is 18.4. The number of aliphatic imine (C=N–C) groups is 1. The van der Waals surface area contributed by atoms with Crippen molar-refractivity contribution in [2.45, 2.75) is 18.7 Å². The van der Waals surface area contributed by atoms with E-state index in [0.717, 1.165) is 5.33 Å². The van der Waals surface area contributed by atoms with Crippen LogP contribution in [-0.2, 0) is 10.0 Å². The summed E-state index contributed by atoms with van der Waals surface area (Å²) in [5.74, 6) is 0.659. The van der Waals surface area contributed by atoms with E-state index in [1.807, 2.05) is 0 Å². The number of rotatable bonds is 4. The molecule has 1 heterocycles. The van der Waals surface area contributed by atoms with Crippen molar-refractivity contribution in [3.05, 3.63) is 24.3 Å². The summed E-state index contributed by atoms with van der Waals surface area (Å²) >= 11 is 3.45. The standard InChI is InChI=1S/C13H17BrN2O2S/c1-10(2)11(7-14)8-16-9-15-12-5-3-4-6-13(12)19(16,17)18/h3-6,9-11H,7-8H2,1-2H3. The molecule has 0 radical (unpaired) electrons. The highest BCUT2D eigenvalue weighted by Gasteiger charge is 2.30. The van der Waals surface area contributed by atoms with Crippen LogP contribution in [0.5, 0.6) is 0 Å². The number of para-hydroxylation sites is 1. The minimum absolute atomic E-state index is 0.256. The first kappa shape index (κ1) is 14.5. The summed E-state index contributed by atoms with van der Waals surface area (Å²) in [6, 6.07) is 6.83. The van der Waals surface area contributed by atoms with Gasteiger partial charge in [-0.15, -0.1) is 0 Å². The molecule has 6 heteroatoms. The van der Waals surface area contributed by atoms with Gasteiger partial charge in [-0.05, 0) is 24.0 Å². The van der Waals surface area contributed by atoms with Gasteiger partial charge in [-0.3, -0.25) is 4.31 Å². The van der Waals surface area contributed by atoms with E-state index < -0.39 is 10.0 Å². The molecular weight excluding hydrogens is 328 g/mol. The van der Waals surface area contributed by atoms with Crippen molar-refractivity contribution in [2.75, 3.05) is 11.9 Å². The molecule has 1 aliphatic heterocycles. The molecule has 0 amide bonds. The predicted octanol–water partition coefficient (Wildman–Crippen LogP) is 3.02. The molecule has 0 fully saturated rings. The highest BCUT2D eigenvalue weighted by atomic mass is 79.9. The number of nitrogens with zero attached hydrogens (tertiary/aromatic N) is 2. The van der Waals surface area contributed by atoms with Gasteiger partial charge in [0, 0.05) is 11.9 Å². The zero-order chi connectivity index (χ0) is 14.0. The molecule has 0 N–H and O–H groups in total. The Hall–Kier alpha value is -0.880. The molecule has 0 aromatic heterocycles. The van der Waals surface area contributed by atoms with Gasteiger partial charge in [-0.25, -0.2) is 13.4 Å². The lowest BCUT2D eigenvalue weighted by molar-refractivity contribution is 0.371. The third-order valence-corrected chi connectivity index (χ3v) is 5.93. The lowest BCUT2D eigenvalue weighted by Crippen LogP contribution is -2.37. The van der Waals surface area contributed by atoms with Gasteiger partial charge < -0.3 is 0 Å². The van der Waals surface area contributed by atoms with Crippen molar-refractivity contribution in [1.29, 1.82) is 0 Å². The monoisotopic (exact) mass is 344 g/mol. The van der Waals surface area contributed by atoms with E-state index in [-0.39, 0.29) is 10.8 Å². The zero-order valence-corrected chi connectivity index (χ0v) is 13.4. The number of halogens is 1. The summed E-state index contributed by atoms with van der Waals surface area (Å²) in [6.07, 6.45) is 1.43. The lowest BCUT2D eigenvalue weighted by Gasteiger charge is -2.28. The summed E-state index contributed by atoms with van der Waals surface area (Å²) in [5.41, 5.74) is 0.513. The van der Waals surface area contributed by atoms with E-state index in [2.05, 4.69) is 34.8 Å². The van der Waals surface area contributed by atoms with Gasteiger partial charge in [-0.2, -0.15) is 0 Å². The summed E-state index contributed by atoms with van der Waals surface area (Å²) in [6.45, 7) is 4.63. The van der Waals surface area contributed by atoms with Gasteiger partial charge in [0.1, 0.15) is 11.2 Å². The third-order valence-electron chi connectivity index (χ3n) is 3.33. The maximum atomic E-state index is 12.5. The highest BCUT2D eigenvalue weighted by Crippen LogP contribution is 2.31. The molecule has 1 aromatic rings. The fraction of sp³-hybridized carbons (Fsp3) is 0.462. The van der Waals surface area contributed by atoms with Crippen LogP contribution in [0.4, 0.5) is 5.69 Å². The predicted molar refractivity (Wildman–Crippen MR) is 80.6 cm³/mol. The molecule has 1 unspecified atom stereocenters. The van der Waals surface area contributed by atoms with Crippen LogP contribution in [0.15, 0.2) is 34.2 Å². The van der Waals surface area contributed by atoms with Crippen LogP contribution < -0.4 is 0 Å². The second-order valence-electron chi connectivity index (χ2n) is 4.95. The molecule has 0 saturated carbocycles. The minimum Gasteiger partial charge on any atom is -0.256 e. The molecule has 104 valence electrons. The summed E-state index contributed by atoms with van der Waals surface area (Å²) in [7, 11) is -3.46. The van der Waals surface area contributed by atoms with Gasteiger partial charge in [0.15, 0.2) is 0 Å². The maximum Gasteiger partial charge on any atom is 0.267 e. The molecule has 4 nitrogen and oxygen atoms in total. The van der Waals surface area contributed by atoms with Crippen LogP contribution in [0.25, 0.3) is 0 Å². The second-order valence-corrected chi connectivity index (χ2v) is 7.45. The summed E-state index contributed by atoms with van der Waals surface area (Å²) in [4.78, 5) is 4.51. The average Bonchev–Trinajstić information content (AvgIpc) is 2.37. The molecule has 1 aliphatic rings. The summed E-state index contributed by atoms with van der Waals surface area (Å²) in [5, 5.41) is 0.770. The Morgan fingerprint density at radius 3 is 2.63 bits per heavy atom. The Kier molecular flexibility index (Phi) is 4.30.